The zero-order valence-electron chi connectivity index (χ0n) is 8.72. The predicted molar refractivity (Wildman–Crippen MR) is 57.4 cm³/mol. The minimum Gasteiger partial charge on any atom is -0.291 e. The van der Waals surface area contributed by atoms with Crippen LogP contribution in [-0.4, -0.2) is 6.29 Å². The molecule has 1 heteroatoms. The van der Waals surface area contributed by atoms with Crippen LogP contribution in [0.1, 0.15) is 58.3 Å². The van der Waals surface area contributed by atoms with Crippen molar-refractivity contribution < 1.29 is 4.79 Å². The summed E-state index contributed by atoms with van der Waals surface area (Å²) < 4.78 is 0. The monoisotopic (exact) mass is 181 g/mol. The van der Waals surface area contributed by atoms with Crippen LogP contribution in [0.25, 0.3) is 0 Å². The van der Waals surface area contributed by atoms with Crippen LogP contribution < -0.4 is 0 Å². The average molecular weight is 181 g/mol. The van der Waals surface area contributed by atoms with E-state index in [9.17, 15) is 4.79 Å². The molecule has 0 spiro atoms. The first-order chi connectivity index (χ1) is 6.41. The SMILES string of the molecule is CCCCCCCC=CCC[C]=O. The molecular formula is C12H21O. The first-order valence-corrected chi connectivity index (χ1v) is 5.41. The summed E-state index contributed by atoms with van der Waals surface area (Å²) in [4.78, 5) is 9.85. The van der Waals surface area contributed by atoms with Crippen LogP contribution in [0.2, 0.25) is 0 Å². The normalized spacial score (nSPS) is 10.8. The summed E-state index contributed by atoms with van der Waals surface area (Å²) in [6.45, 7) is 2.23. The molecule has 0 aliphatic rings. The Morgan fingerprint density at radius 2 is 1.69 bits per heavy atom. The van der Waals surface area contributed by atoms with Crippen molar-refractivity contribution in [2.24, 2.45) is 0 Å². The highest BCUT2D eigenvalue weighted by Crippen LogP contribution is 2.05. The van der Waals surface area contributed by atoms with Crippen LogP contribution in [0.5, 0.6) is 0 Å². The van der Waals surface area contributed by atoms with E-state index in [4.69, 9.17) is 0 Å². The van der Waals surface area contributed by atoms with Gasteiger partial charge in [-0.1, -0.05) is 44.8 Å². The third-order valence-electron chi connectivity index (χ3n) is 2.05. The zero-order chi connectivity index (χ0) is 9.78. The molecule has 0 N–H and O–H groups in total. The quantitative estimate of drug-likeness (QED) is 0.390. The third-order valence-corrected chi connectivity index (χ3v) is 2.05. The molecule has 0 unspecified atom stereocenters. The molecule has 0 aliphatic carbocycles. The Labute approximate surface area is 82.2 Å². The van der Waals surface area contributed by atoms with E-state index in [2.05, 4.69) is 19.1 Å². The molecule has 0 aromatic heterocycles. The van der Waals surface area contributed by atoms with E-state index in [0.717, 1.165) is 6.42 Å². The van der Waals surface area contributed by atoms with Gasteiger partial charge in [0, 0.05) is 6.42 Å². The van der Waals surface area contributed by atoms with Crippen LogP contribution in [0.3, 0.4) is 0 Å². The molecule has 1 nitrogen and oxygen atoms in total. The highest BCUT2D eigenvalue weighted by atomic mass is 16.1. The minimum absolute atomic E-state index is 0.548. The third kappa shape index (κ3) is 11.4. The minimum atomic E-state index is 0.548. The Balaban J connectivity index is 2.97. The van der Waals surface area contributed by atoms with Crippen LogP contribution >= 0.6 is 0 Å². The van der Waals surface area contributed by atoms with Gasteiger partial charge in [0.05, 0.1) is 0 Å². The Morgan fingerprint density at radius 1 is 1.00 bits per heavy atom. The topological polar surface area (TPSA) is 17.1 Å². The van der Waals surface area contributed by atoms with E-state index in [-0.39, 0.29) is 0 Å². The summed E-state index contributed by atoms with van der Waals surface area (Å²) in [6.07, 6.45) is 15.4. The fourth-order valence-corrected chi connectivity index (χ4v) is 1.24. The van der Waals surface area contributed by atoms with Crippen molar-refractivity contribution >= 4 is 6.29 Å². The lowest BCUT2D eigenvalue weighted by Gasteiger charge is -1.95. The molecule has 0 atom stereocenters. The van der Waals surface area contributed by atoms with E-state index in [0.29, 0.717) is 6.42 Å². The van der Waals surface area contributed by atoms with Crippen molar-refractivity contribution in [1.82, 2.24) is 0 Å². The standard InChI is InChI=1S/C12H21O/c1-2-3-4-5-6-7-8-9-10-11-12-13/h8-9H,2-7,10-11H2,1H3. The molecular weight excluding hydrogens is 160 g/mol. The second-order valence-corrected chi connectivity index (χ2v) is 3.36. The van der Waals surface area contributed by atoms with Gasteiger partial charge in [-0.15, -0.1) is 0 Å². The van der Waals surface area contributed by atoms with Crippen molar-refractivity contribution in [2.75, 3.05) is 0 Å². The summed E-state index contributed by atoms with van der Waals surface area (Å²) in [6, 6.07) is 0. The second-order valence-electron chi connectivity index (χ2n) is 3.36. The van der Waals surface area contributed by atoms with Gasteiger partial charge in [-0.2, -0.15) is 0 Å². The molecule has 0 aliphatic heterocycles. The van der Waals surface area contributed by atoms with Gasteiger partial charge in [0.15, 0.2) is 6.29 Å². The van der Waals surface area contributed by atoms with Gasteiger partial charge in [-0.05, 0) is 19.3 Å². The molecule has 0 rings (SSSR count). The number of hydrogen-bond acceptors (Lipinski definition) is 1. The predicted octanol–water partition coefficient (Wildman–Crippen LogP) is 3.79. The molecule has 0 fully saturated rings. The van der Waals surface area contributed by atoms with Crippen LogP contribution in [0.15, 0.2) is 12.2 Å². The van der Waals surface area contributed by atoms with Gasteiger partial charge in [-0.25, -0.2) is 0 Å². The Bertz CT molecular complexity index is 127. The smallest absolute Gasteiger partial charge is 0.198 e. The lowest BCUT2D eigenvalue weighted by Crippen LogP contribution is -1.76. The lowest BCUT2D eigenvalue weighted by atomic mass is 10.1. The molecule has 0 bridgehead atoms. The van der Waals surface area contributed by atoms with Crippen molar-refractivity contribution in [2.45, 2.75) is 58.3 Å². The number of allylic oxidation sites excluding steroid dienone is 2. The fraction of sp³-hybridized carbons (Fsp3) is 0.750. The van der Waals surface area contributed by atoms with E-state index >= 15 is 0 Å². The van der Waals surface area contributed by atoms with E-state index in [1.54, 1.807) is 0 Å². The molecule has 0 aromatic rings. The maximum Gasteiger partial charge on any atom is 0.198 e. The Kier molecular flexibility index (Phi) is 10.9. The summed E-state index contributed by atoms with van der Waals surface area (Å²) >= 11 is 0. The summed E-state index contributed by atoms with van der Waals surface area (Å²) in [5.74, 6) is 0. The fourth-order valence-electron chi connectivity index (χ4n) is 1.24. The first kappa shape index (κ1) is 12.4. The number of unbranched alkanes of at least 4 members (excludes halogenated alkanes) is 6. The van der Waals surface area contributed by atoms with Crippen molar-refractivity contribution in [3.8, 4) is 0 Å². The Hall–Kier alpha value is -0.590. The van der Waals surface area contributed by atoms with Gasteiger partial charge in [0.1, 0.15) is 0 Å². The van der Waals surface area contributed by atoms with Crippen LogP contribution in [0, 0.1) is 0 Å². The largest absolute Gasteiger partial charge is 0.291 e. The summed E-state index contributed by atoms with van der Waals surface area (Å²) in [7, 11) is 0. The van der Waals surface area contributed by atoms with Crippen LogP contribution in [0.4, 0.5) is 0 Å². The van der Waals surface area contributed by atoms with Crippen molar-refractivity contribution in [3.63, 3.8) is 0 Å². The average Bonchev–Trinajstić information content (AvgIpc) is 2.16. The summed E-state index contributed by atoms with van der Waals surface area (Å²) in [5.41, 5.74) is 0. The van der Waals surface area contributed by atoms with Crippen LogP contribution in [-0.2, 0) is 4.79 Å². The Morgan fingerprint density at radius 3 is 2.38 bits per heavy atom. The van der Waals surface area contributed by atoms with Gasteiger partial charge < -0.3 is 0 Å². The number of carbonyl (C=O) groups excluding carboxylic acids is 1. The van der Waals surface area contributed by atoms with Gasteiger partial charge in [0.2, 0.25) is 0 Å². The molecule has 0 aromatic carbocycles. The molecule has 1 radical (unpaired) electrons. The molecule has 0 saturated carbocycles. The summed E-state index contributed by atoms with van der Waals surface area (Å²) in [5, 5.41) is 0. The van der Waals surface area contributed by atoms with E-state index < -0.39 is 0 Å². The molecule has 75 valence electrons. The van der Waals surface area contributed by atoms with E-state index in [1.807, 2.05) is 6.29 Å². The zero-order valence-corrected chi connectivity index (χ0v) is 8.72. The van der Waals surface area contributed by atoms with Crippen molar-refractivity contribution in [3.05, 3.63) is 12.2 Å². The maximum atomic E-state index is 9.85. The second kappa shape index (κ2) is 11.4. The lowest BCUT2D eigenvalue weighted by molar-refractivity contribution is 0.551. The maximum absolute atomic E-state index is 9.85. The molecule has 13 heavy (non-hydrogen) atoms. The molecule has 0 amide bonds. The first-order valence-electron chi connectivity index (χ1n) is 5.41. The van der Waals surface area contributed by atoms with Gasteiger partial charge in [-0.3, -0.25) is 4.79 Å². The van der Waals surface area contributed by atoms with E-state index in [1.165, 1.54) is 38.5 Å². The van der Waals surface area contributed by atoms with Gasteiger partial charge in [0.25, 0.3) is 0 Å². The number of rotatable bonds is 9. The van der Waals surface area contributed by atoms with Gasteiger partial charge >= 0.3 is 0 Å². The number of hydrogen-bond donors (Lipinski definition) is 0. The highest BCUT2D eigenvalue weighted by Gasteiger charge is 1.86. The van der Waals surface area contributed by atoms with Crippen molar-refractivity contribution in [1.29, 1.82) is 0 Å². The molecule has 0 heterocycles. The molecule has 0 saturated heterocycles. The highest BCUT2D eigenvalue weighted by molar-refractivity contribution is 5.50.